The minimum Gasteiger partial charge on any atom is -0.394 e. The Morgan fingerprint density at radius 1 is 1.14 bits per heavy atom. The molecule has 2 aliphatic heterocycles. The standard InChI is InChI=1S/C17H33N3O/c1-2-8-18-17(14-21,15-6-7-15)13-19-9-4-11-20-10-3-5-16(20)12-19/h15-16,18,21H,2-14H2,1H3. The number of aliphatic hydroxyl groups excluding tert-OH is 1. The van der Waals surface area contributed by atoms with Crippen LogP contribution in [0.3, 0.4) is 0 Å². The second-order valence-electron chi connectivity index (χ2n) is 7.44. The Bertz CT molecular complexity index is 334. The highest BCUT2D eigenvalue weighted by Gasteiger charge is 2.46. The lowest BCUT2D eigenvalue weighted by Crippen LogP contribution is -2.59. The van der Waals surface area contributed by atoms with Crippen LogP contribution in [-0.2, 0) is 0 Å². The second kappa shape index (κ2) is 6.95. The van der Waals surface area contributed by atoms with Gasteiger partial charge in [0, 0.05) is 19.1 Å². The Kier molecular flexibility index (Phi) is 5.20. The van der Waals surface area contributed by atoms with Gasteiger partial charge in [0.15, 0.2) is 0 Å². The van der Waals surface area contributed by atoms with Gasteiger partial charge in [-0.25, -0.2) is 0 Å². The number of hydrogen-bond donors (Lipinski definition) is 2. The summed E-state index contributed by atoms with van der Waals surface area (Å²) in [6.07, 6.45) is 7.76. The van der Waals surface area contributed by atoms with Crippen LogP contribution >= 0.6 is 0 Å². The number of aliphatic hydroxyl groups is 1. The topological polar surface area (TPSA) is 38.7 Å². The molecule has 2 unspecified atom stereocenters. The van der Waals surface area contributed by atoms with E-state index in [0.29, 0.717) is 12.5 Å². The van der Waals surface area contributed by atoms with Crippen molar-refractivity contribution < 1.29 is 5.11 Å². The monoisotopic (exact) mass is 295 g/mol. The average molecular weight is 295 g/mol. The first-order chi connectivity index (χ1) is 10.3. The van der Waals surface area contributed by atoms with Crippen molar-refractivity contribution in [2.45, 2.75) is 57.0 Å². The third-order valence-corrected chi connectivity index (χ3v) is 5.76. The van der Waals surface area contributed by atoms with E-state index >= 15 is 0 Å². The predicted molar refractivity (Wildman–Crippen MR) is 86.5 cm³/mol. The molecule has 2 heterocycles. The van der Waals surface area contributed by atoms with Crippen LogP contribution < -0.4 is 5.32 Å². The Hall–Kier alpha value is -0.160. The number of rotatable bonds is 7. The zero-order valence-electron chi connectivity index (χ0n) is 13.7. The van der Waals surface area contributed by atoms with Crippen LogP contribution in [0.4, 0.5) is 0 Å². The second-order valence-corrected chi connectivity index (χ2v) is 7.44. The first-order valence-corrected chi connectivity index (χ1v) is 9.10. The summed E-state index contributed by atoms with van der Waals surface area (Å²) in [5.41, 5.74) is -0.0379. The summed E-state index contributed by atoms with van der Waals surface area (Å²) in [6, 6.07) is 0.772. The van der Waals surface area contributed by atoms with E-state index in [1.54, 1.807) is 0 Å². The fourth-order valence-electron chi connectivity index (χ4n) is 4.40. The van der Waals surface area contributed by atoms with Gasteiger partial charge in [0.25, 0.3) is 0 Å². The molecule has 1 saturated carbocycles. The highest BCUT2D eigenvalue weighted by atomic mass is 16.3. The molecular weight excluding hydrogens is 262 g/mol. The van der Waals surface area contributed by atoms with Gasteiger partial charge < -0.3 is 10.4 Å². The van der Waals surface area contributed by atoms with Gasteiger partial charge in [-0.2, -0.15) is 0 Å². The molecule has 122 valence electrons. The Morgan fingerprint density at radius 3 is 2.67 bits per heavy atom. The van der Waals surface area contributed by atoms with E-state index in [9.17, 15) is 5.11 Å². The first-order valence-electron chi connectivity index (χ1n) is 9.10. The number of fused-ring (bicyclic) bond motifs is 1. The molecule has 1 aliphatic carbocycles. The summed E-state index contributed by atoms with van der Waals surface area (Å²) in [4.78, 5) is 5.34. The summed E-state index contributed by atoms with van der Waals surface area (Å²) in [5.74, 6) is 0.692. The normalized spacial score (nSPS) is 30.9. The van der Waals surface area contributed by atoms with Gasteiger partial charge in [-0.1, -0.05) is 6.92 Å². The molecule has 3 fully saturated rings. The number of nitrogens with one attached hydrogen (secondary N) is 1. The molecule has 4 heteroatoms. The zero-order chi connectivity index (χ0) is 14.7. The maximum atomic E-state index is 10.1. The van der Waals surface area contributed by atoms with Crippen molar-refractivity contribution in [2.24, 2.45) is 5.92 Å². The molecular formula is C17H33N3O. The average Bonchev–Trinajstić information content (AvgIpc) is 3.29. The lowest BCUT2D eigenvalue weighted by Gasteiger charge is -2.39. The smallest absolute Gasteiger partial charge is 0.0628 e. The highest BCUT2D eigenvalue weighted by molar-refractivity contribution is 5.03. The molecule has 2 atom stereocenters. The molecule has 0 aromatic heterocycles. The van der Waals surface area contributed by atoms with E-state index in [0.717, 1.165) is 25.6 Å². The van der Waals surface area contributed by atoms with Crippen molar-refractivity contribution in [1.29, 1.82) is 0 Å². The van der Waals surface area contributed by atoms with Gasteiger partial charge >= 0.3 is 0 Å². The van der Waals surface area contributed by atoms with E-state index < -0.39 is 0 Å². The predicted octanol–water partition coefficient (Wildman–Crippen LogP) is 1.30. The van der Waals surface area contributed by atoms with Crippen LogP contribution in [0, 0.1) is 5.92 Å². The van der Waals surface area contributed by atoms with Gasteiger partial charge in [-0.3, -0.25) is 9.80 Å². The summed E-state index contributed by atoms with van der Waals surface area (Å²) >= 11 is 0. The van der Waals surface area contributed by atoms with Crippen molar-refractivity contribution in [2.75, 3.05) is 45.9 Å². The van der Waals surface area contributed by atoms with Crippen LogP contribution in [0.2, 0.25) is 0 Å². The van der Waals surface area contributed by atoms with Crippen LogP contribution in [0.1, 0.15) is 45.4 Å². The van der Waals surface area contributed by atoms with Crippen molar-refractivity contribution in [3.8, 4) is 0 Å². The molecule has 0 aromatic rings. The summed E-state index contributed by atoms with van der Waals surface area (Å²) in [7, 11) is 0. The van der Waals surface area contributed by atoms with Gasteiger partial charge in [0.2, 0.25) is 0 Å². The Balaban J connectivity index is 1.63. The van der Waals surface area contributed by atoms with E-state index in [2.05, 4.69) is 22.0 Å². The Morgan fingerprint density at radius 2 is 1.95 bits per heavy atom. The molecule has 0 aromatic carbocycles. The third kappa shape index (κ3) is 3.61. The van der Waals surface area contributed by atoms with Crippen molar-refractivity contribution in [3.63, 3.8) is 0 Å². The molecule has 4 nitrogen and oxygen atoms in total. The van der Waals surface area contributed by atoms with Crippen LogP contribution in [0.15, 0.2) is 0 Å². The van der Waals surface area contributed by atoms with Gasteiger partial charge in [0.1, 0.15) is 0 Å². The zero-order valence-corrected chi connectivity index (χ0v) is 13.7. The SMILES string of the molecule is CCCNC(CO)(CN1CCCN2CCCC2C1)C1CC1. The molecule has 21 heavy (non-hydrogen) atoms. The maximum absolute atomic E-state index is 10.1. The molecule has 0 amide bonds. The van der Waals surface area contributed by atoms with E-state index in [1.807, 2.05) is 0 Å². The van der Waals surface area contributed by atoms with Crippen molar-refractivity contribution in [3.05, 3.63) is 0 Å². The van der Waals surface area contributed by atoms with Crippen molar-refractivity contribution in [1.82, 2.24) is 15.1 Å². The first kappa shape index (κ1) is 15.7. The maximum Gasteiger partial charge on any atom is 0.0628 e. The highest BCUT2D eigenvalue weighted by Crippen LogP contribution is 2.40. The largest absolute Gasteiger partial charge is 0.394 e. The third-order valence-electron chi connectivity index (χ3n) is 5.76. The van der Waals surface area contributed by atoms with E-state index in [-0.39, 0.29) is 5.54 Å². The van der Waals surface area contributed by atoms with Crippen LogP contribution in [-0.4, -0.2) is 72.4 Å². The van der Waals surface area contributed by atoms with Gasteiger partial charge in [-0.15, -0.1) is 0 Å². The van der Waals surface area contributed by atoms with Crippen LogP contribution in [0.25, 0.3) is 0 Å². The lowest BCUT2D eigenvalue weighted by atomic mass is 9.92. The minimum absolute atomic E-state index is 0.0379. The molecule has 0 radical (unpaired) electrons. The minimum atomic E-state index is -0.0379. The van der Waals surface area contributed by atoms with Gasteiger partial charge in [0.05, 0.1) is 12.1 Å². The molecule has 0 spiro atoms. The van der Waals surface area contributed by atoms with E-state index in [4.69, 9.17) is 0 Å². The summed E-state index contributed by atoms with van der Waals surface area (Å²) in [5, 5.41) is 13.8. The van der Waals surface area contributed by atoms with E-state index in [1.165, 1.54) is 58.3 Å². The van der Waals surface area contributed by atoms with Crippen molar-refractivity contribution >= 4 is 0 Å². The molecule has 0 bridgehead atoms. The molecule has 3 aliphatic rings. The fraction of sp³-hybridized carbons (Fsp3) is 1.00. The quantitative estimate of drug-likeness (QED) is 0.742. The fourth-order valence-corrected chi connectivity index (χ4v) is 4.40. The summed E-state index contributed by atoms with van der Waals surface area (Å²) < 4.78 is 0. The van der Waals surface area contributed by atoms with Gasteiger partial charge in [-0.05, 0) is 70.6 Å². The number of hydrogen-bond acceptors (Lipinski definition) is 4. The molecule has 2 saturated heterocycles. The molecule has 2 N–H and O–H groups in total. The Labute approximate surface area is 129 Å². The molecule has 3 rings (SSSR count). The number of nitrogens with zero attached hydrogens (tertiary/aromatic N) is 2. The summed E-state index contributed by atoms with van der Waals surface area (Å²) in [6.45, 7) is 9.57. The van der Waals surface area contributed by atoms with Crippen LogP contribution in [0.5, 0.6) is 0 Å². The lowest BCUT2D eigenvalue weighted by molar-refractivity contribution is 0.0868.